The maximum Gasteiger partial charge on any atom is 0.269 e. The Kier molecular flexibility index (Phi) is 5.40. The van der Waals surface area contributed by atoms with Gasteiger partial charge in [-0.25, -0.2) is 4.98 Å². The van der Waals surface area contributed by atoms with Gasteiger partial charge in [0.25, 0.3) is 5.56 Å². The van der Waals surface area contributed by atoms with E-state index in [1.807, 2.05) is 60.1 Å². The molecule has 0 aliphatic heterocycles. The highest BCUT2D eigenvalue weighted by Crippen LogP contribution is 2.27. The first kappa shape index (κ1) is 21.2. The number of rotatable bonds is 5. The van der Waals surface area contributed by atoms with Crippen molar-refractivity contribution in [3.05, 3.63) is 100 Å². The average Bonchev–Trinajstić information content (AvgIpc) is 3.21. The summed E-state index contributed by atoms with van der Waals surface area (Å²) in [7, 11) is 1.84. The third-order valence-corrected chi connectivity index (χ3v) is 5.72. The van der Waals surface area contributed by atoms with Gasteiger partial charge >= 0.3 is 0 Å². The van der Waals surface area contributed by atoms with E-state index in [1.165, 1.54) is 16.0 Å². The van der Waals surface area contributed by atoms with E-state index in [-0.39, 0.29) is 22.6 Å². The van der Waals surface area contributed by atoms with Crippen LogP contribution in [0.25, 0.3) is 28.3 Å². The first-order valence-electron chi connectivity index (χ1n) is 10.9. The average molecular weight is 447 g/mol. The molecule has 3 heterocycles. The fraction of sp³-hybridized carbons (Fsp3) is 0.111. The van der Waals surface area contributed by atoms with E-state index < -0.39 is 0 Å². The standard InChI is InChI=1S/C27H21N5O2/c1-3-18-11-13-20(14-12-18)34-26-21(27(33)32-15-7-6-10-24(32)30-26)16-19(17-28)25-29-22-8-4-5-9-23(22)31(25)2/h4-16H,3H2,1-2H3/b19-16+. The first-order valence-corrected chi connectivity index (χ1v) is 10.9. The topological polar surface area (TPSA) is 85.2 Å². The number of benzene rings is 2. The van der Waals surface area contributed by atoms with Crippen molar-refractivity contribution < 1.29 is 4.74 Å². The second kappa shape index (κ2) is 8.68. The lowest BCUT2D eigenvalue weighted by Gasteiger charge is -2.11. The van der Waals surface area contributed by atoms with Gasteiger partial charge in [-0.05, 0) is 54.5 Å². The summed E-state index contributed by atoms with van der Waals surface area (Å²) < 4.78 is 9.33. The number of pyridine rings is 1. The third kappa shape index (κ3) is 3.71. The van der Waals surface area contributed by atoms with Gasteiger partial charge in [-0.3, -0.25) is 9.20 Å². The van der Waals surface area contributed by atoms with Crippen molar-refractivity contribution >= 4 is 28.3 Å². The van der Waals surface area contributed by atoms with E-state index in [0.717, 1.165) is 17.5 Å². The van der Waals surface area contributed by atoms with Gasteiger partial charge in [0.1, 0.15) is 23.0 Å². The molecule has 2 aromatic carbocycles. The minimum absolute atomic E-state index is 0.131. The Bertz CT molecular complexity index is 1650. The molecule has 0 fully saturated rings. The third-order valence-electron chi connectivity index (χ3n) is 5.72. The molecule has 0 N–H and O–H groups in total. The Balaban J connectivity index is 1.70. The number of nitrogens with zero attached hydrogens (tertiary/aromatic N) is 5. The van der Waals surface area contributed by atoms with Crippen LogP contribution in [-0.2, 0) is 13.5 Å². The van der Waals surface area contributed by atoms with Crippen molar-refractivity contribution in [1.82, 2.24) is 18.9 Å². The molecule has 3 aromatic heterocycles. The number of imidazole rings is 1. The van der Waals surface area contributed by atoms with Gasteiger partial charge in [-0.2, -0.15) is 10.2 Å². The maximum atomic E-state index is 13.4. The minimum Gasteiger partial charge on any atom is -0.438 e. The van der Waals surface area contributed by atoms with Gasteiger partial charge in [0.05, 0.1) is 16.6 Å². The SMILES string of the molecule is CCc1ccc(Oc2nc3ccccn3c(=O)c2/C=C(\C#N)c2nc3ccccc3n2C)cc1. The molecule has 0 aliphatic carbocycles. The summed E-state index contributed by atoms with van der Waals surface area (Å²) in [5.41, 5.74) is 3.35. The highest BCUT2D eigenvalue weighted by atomic mass is 16.5. The van der Waals surface area contributed by atoms with Gasteiger partial charge in [0, 0.05) is 13.2 Å². The quantitative estimate of drug-likeness (QED) is 0.354. The second-order valence-electron chi connectivity index (χ2n) is 7.82. The van der Waals surface area contributed by atoms with Gasteiger partial charge in [-0.1, -0.05) is 37.3 Å². The summed E-state index contributed by atoms with van der Waals surface area (Å²) in [4.78, 5) is 22.6. The normalized spacial score (nSPS) is 11.6. The molecule has 0 unspecified atom stereocenters. The molecule has 7 nitrogen and oxygen atoms in total. The summed E-state index contributed by atoms with van der Waals surface area (Å²) in [6.07, 6.45) is 4.06. The molecular formula is C27H21N5O2. The Morgan fingerprint density at radius 3 is 2.56 bits per heavy atom. The van der Waals surface area contributed by atoms with Crippen LogP contribution in [0.5, 0.6) is 11.6 Å². The molecule has 0 amide bonds. The molecule has 0 saturated heterocycles. The number of aromatic nitrogens is 4. The number of para-hydroxylation sites is 2. The highest BCUT2D eigenvalue weighted by molar-refractivity contribution is 5.91. The van der Waals surface area contributed by atoms with Crippen LogP contribution in [0.3, 0.4) is 0 Å². The summed E-state index contributed by atoms with van der Waals surface area (Å²) in [5.74, 6) is 1.15. The van der Waals surface area contributed by atoms with E-state index in [2.05, 4.69) is 23.0 Å². The molecule has 0 aliphatic rings. The predicted molar refractivity (Wildman–Crippen MR) is 132 cm³/mol. The molecule has 0 bridgehead atoms. The number of fused-ring (bicyclic) bond motifs is 2. The summed E-state index contributed by atoms with van der Waals surface area (Å²) in [6.45, 7) is 2.08. The summed E-state index contributed by atoms with van der Waals surface area (Å²) in [6, 6.07) is 22.7. The lowest BCUT2D eigenvalue weighted by Crippen LogP contribution is -2.18. The van der Waals surface area contributed by atoms with Crippen LogP contribution >= 0.6 is 0 Å². The number of aryl methyl sites for hydroxylation is 2. The Morgan fingerprint density at radius 2 is 1.82 bits per heavy atom. The second-order valence-corrected chi connectivity index (χ2v) is 7.82. The van der Waals surface area contributed by atoms with Crippen molar-refractivity contribution in [1.29, 1.82) is 5.26 Å². The largest absolute Gasteiger partial charge is 0.438 e. The molecule has 0 radical (unpaired) electrons. The van der Waals surface area contributed by atoms with Crippen LogP contribution in [-0.4, -0.2) is 18.9 Å². The summed E-state index contributed by atoms with van der Waals surface area (Å²) >= 11 is 0. The predicted octanol–water partition coefficient (Wildman–Crippen LogP) is 5.00. The van der Waals surface area contributed by atoms with E-state index in [9.17, 15) is 10.1 Å². The Morgan fingerprint density at radius 1 is 1.06 bits per heavy atom. The molecule has 166 valence electrons. The zero-order chi connectivity index (χ0) is 23.7. The lowest BCUT2D eigenvalue weighted by molar-refractivity contribution is 0.461. The van der Waals surface area contributed by atoms with Crippen molar-refractivity contribution in [3.63, 3.8) is 0 Å². The van der Waals surface area contributed by atoms with Gasteiger partial charge in [0.15, 0.2) is 5.82 Å². The maximum absolute atomic E-state index is 13.4. The molecular weight excluding hydrogens is 426 g/mol. The van der Waals surface area contributed by atoms with Crippen molar-refractivity contribution in [2.75, 3.05) is 0 Å². The molecule has 0 spiro atoms. The minimum atomic E-state index is -0.336. The van der Waals surface area contributed by atoms with Crippen LogP contribution in [0.15, 0.2) is 77.7 Å². The summed E-state index contributed by atoms with van der Waals surface area (Å²) in [5, 5.41) is 9.99. The van der Waals surface area contributed by atoms with Crippen LogP contribution in [0.1, 0.15) is 23.9 Å². The number of nitriles is 1. The zero-order valence-corrected chi connectivity index (χ0v) is 18.8. The molecule has 7 heteroatoms. The van der Waals surface area contributed by atoms with E-state index in [4.69, 9.17) is 4.74 Å². The van der Waals surface area contributed by atoms with Crippen LogP contribution in [0, 0.1) is 11.3 Å². The van der Waals surface area contributed by atoms with Crippen LogP contribution < -0.4 is 10.3 Å². The van der Waals surface area contributed by atoms with E-state index >= 15 is 0 Å². The smallest absolute Gasteiger partial charge is 0.269 e. The highest BCUT2D eigenvalue weighted by Gasteiger charge is 2.18. The molecule has 5 aromatic rings. The fourth-order valence-corrected chi connectivity index (χ4v) is 3.87. The van der Waals surface area contributed by atoms with Crippen LogP contribution in [0.4, 0.5) is 0 Å². The van der Waals surface area contributed by atoms with Gasteiger partial charge in [-0.15, -0.1) is 0 Å². The number of hydrogen-bond donors (Lipinski definition) is 0. The monoisotopic (exact) mass is 447 g/mol. The van der Waals surface area contributed by atoms with Crippen molar-refractivity contribution in [2.45, 2.75) is 13.3 Å². The van der Waals surface area contributed by atoms with E-state index in [1.54, 1.807) is 24.4 Å². The molecule has 0 atom stereocenters. The van der Waals surface area contributed by atoms with Crippen LogP contribution in [0.2, 0.25) is 0 Å². The lowest BCUT2D eigenvalue weighted by atomic mass is 10.1. The molecule has 0 saturated carbocycles. The number of allylic oxidation sites excluding steroid dienone is 1. The zero-order valence-electron chi connectivity index (χ0n) is 18.8. The Labute approximate surface area is 195 Å². The number of ether oxygens (including phenoxy) is 1. The molecule has 34 heavy (non-hydrogen) atoms. The number of hydrogen-bond acceptors (Lipinski definition) is 5. The van der Waals surface area contributed by atoms with Crippen molar-refractivity contribution in [3.8, 4) is 17.7 Å². The fourth-order valence-electron chi connectivity index (χ4n) is 3.87. The van der Waals surface area contributed by atoms with Gasteiger partial charge < -0.3 is 9.30 Å². The Hall–Kier alpha value is -4.70. The van der Waals surface area contributed by atoms with Crippen molar-refractivity contribution in [2.24, 2.45) is 7.05 Å². The first-order chi connectivity index (χ1) is 16.6. The molecule has 5 rings (SSSR count). The van der Waals surface area contributed by atoms with Gasteiger partial charge in [0.2, 0.25) is 5.88 Å². The van der Waals surface area contributed by atoms with E-state index in [0.29, 0.717) is 17.2 Å².